The average Bonchev–Trinajstić information content (AvgIpc) is 3.15. The van der Waals surface area contributed by atoms with Crippen LogP contribution in [-0.4, -0.2) is 42.3 Å². The largest absolute Gasteiger partial charge is 0.481 e. The number of hydrogen-bond acceptors (Lipinski definition) is 4. The number of nitrogens with one attached hydrogen (secondary N) is 2. The van der Waals surface area contributed by atoms with Crippen LogP contribution in [0, 0.1) is 5.41 Å². The Bertz CT molecular complexity index is 1030. The summed E-state index contributed by atoms with van der Waals surface area (Å²) in [5.41, 5.74) is 4.36. The molecule has 1 fully saturated rings. The lowest BCUT2D eigenvalue weighted by molar-refractivity contribution is -0.137. The van der Waals surface area contributed by atoms with Crippen molar-refractivity contribution >= 4 is 18.0 Å². The van der Waals surface area contributed by atoms with Gasteiger partial charge in [0, 0.05) is 24.9 Å². The van der Waals surface area contributed by atoms with Gasteiger partial charge in [-0.25, -0.2) is 4.79 Å². The van der Waals surface area contributed by atoms with E-state index in [2.05, 4.69) is 34.9 Å². The van der Waals surface area contributed by atoms with Crippen LogP contribution < -0.4 is 10.6 Å². The highest BCUT2D eigenvalue weighted by molar-refractivity contribution is 5.79. The molecule has 3 N–H and O–H groups in total. The van der Waals surface area contributed by atoms with Crippen LogP contribution in [0.1, 0.15) is 68.9 Å². The number of alkyl carbamates (subject to hydrolysis) is 1. The molecule has 0 heterocycles. The predicted molar refractivity (Wildman–Crippen MR) is 133 cm³/mol. The first kappa shape index (κ1) is 24.8. The molecule has 7 heteroatoms. The van der Waals surface area contributed by atoms with Gasteiger partial charge >= 0.3 is 12.1 Å². The number of hydrogen-bond donors (Lipinski definition) is 3. The zero-order chi connectivity index (χ0) is 24.8. The highest BCUT2D eigenvalue weighted by atomic mass is 16.5. The Morgan fingerprint density at radius 3 is 2.20 bits per heavy atom. The van der Waals surface area contributed by atoms with Gasteiger partial charge < -0.3 is 20.5 Å². The van der Waals surface area contributed by atoms with Gasteiger partial charge in [-0.05, 0) is 47.4 Å². The number of rotatable bonds is 9. The average molecular weight is 479 g/mol. The van der Waals surface area contributed by atoms with Gasteiger partial charge in [0.2, 0.25) is 5.91 Å². The summed E-state index contributed by atoms with van der Waals surface area (Å²) in [5, 5.41) is 14.6. The molecule has 0 bridgehead atoms. The predicted octanol–water partition coefficient (Wildman–Crippen LogP) is 4.85. The van der Waals surface area contributed by atoms with E-state index in [-0.39, 0.29) is 36.7 Å². The molecule has 0 aliphatic heterocycles. The van der Waals surface area contributed by atoms with Crippen molar-refractivity contribution in [2.45, 2.75) is 63.8 Å². The number of benzene rings is 2. The van der Waals surface area contributed by atoms with Crippen molar-refractivity contribution in [1.82, 2.24) is 10.6 Å². The molecule has 0 aromatic heterocycles. The lowest BCUT2D eigenvalue weighted by Gasteiger charge is -2.37. The molecule has 7 nitrogen and oxygen atoms in total. The van der Waals surface area contributed by atoms with E-state index < -0.39 is 18.1 Å². The topological polar surface area (TPSA) is 105 Å². The molecule has 35 heavy (non-hydrogen) atoms. The number of carboxylic acids is 1. The summed E-state index contributed by atoms with van der Waals surface area (Å²) in [4.78, 5) is 36.2. The van der Waals surface area contributed by atoms with Crippen molar-refractivity contribution in [2.75, 3.05) is 13.2 Å². The molecule has 2 aliphatic rings. The standard InChI is InChI=1S/C28H34N2O5/c1-19(15-26(32)33)30-25(31)16-28(13-7-2-8-14-28)18-29-27(34)35-17-24-22-11-5-3-9-20(22)21-10-4-6-12-23(21)24/h3-6,9-12,19,24H,2,7-8,13-18H2,1H3,(H,29,34)(H,30,31)(H,32,33). The quantitative estimate of drug-likeness (QED) is 0.478. The second-order valence-corrected chi connectivity index (χ2v) is 9.98. The maximum Gasteiger partial charge on any atom is 0.407 e. The van der Waals surface area contributed by atoms with Crippen LogP contribution in [0.2, 0.25) is 0 Å². The van der Waals surface area contributed by atoms with Crippen LogP contribution in [0.5, 0.6) is 0 Å². The van der Waals surface area contributed by atoms with Gasteiger partial charge in [-0.3, -0.25) is 9.59 Å². The maximum atomic E-state index is 12.7. The molecule has 4 rings (SSSR count). The minimum absolute atomic E-state index is 0.00158. The third-order valence-electron chi connectivity index (χ3n) is 7.29. The molecule has 2 aromatic rings. The third kappa shape index (κ3) is 6.02. The van der Waals surface area contributed by atoms with Gasteiger partial charge in [0.1, 0.15) is 6.61 Å². The highest BCUT2D eigenvalue weighted by Gasteiger charge is 2.35. The van der Waals surface area contributed by atoms with Crippen LogP contribution >= 0.6 is 0 Å². The number of amides is 2. The molecule has 0 saturated heterocycles. The van der Waals surface area contributed by atoms with Gasteiger partial charge in [-0.1, -0.05) is 67.8 Å². The van der Waals surface area contributed by atoms with Crippen molar-refractivity contribution in [3.8, 4) is 11.1 Å². The van der Waals surface area contributed by atoms with E-state index in [1.165, 1.54) is 11.1 Å². The van der Waals surface area contributed by atoms with Crippen molar-refractivity contribution < 1.29 is 24.2 Å². The van der Waals surface area contributed by atoms with E-state index in [4.69, 9.17) is 9.84 Å². The van der Waals surface area contributed by atoms with E-state index in [0.717, 1.165) is 43.2 Å². The smallest absolute Gasteiger partial charge is 0.407 e. The van der Waals surface area contributed by atoms with Gasteiger partial charge in [0.25, 0.3) is 0 Å². The Balaban J connectivity index is 1.34. The lowest BCUT2D eigenvalue weighted by atomic mass is 9.71. The van der Waals surface area contributed by atoms with Crippen molar-refractivity contribution in [3.63, 3.8) is 0 Å². The Hall–Kier alpha value is -3.35. The molecular formula is C28H34N2O5. The van der Waals surface area contributed by atoms with E-state index in [1.54, 1.807) is 6.92 Å². The third-order valence-corrected chi connectivity index (χ3v) is 7.29. The fraction of sp³-hybridized carbons (Fsp3) is 0.464. The lowest BCUT2D eigenvalue weighted by Crippen LogP contribution is -2.44. The summed E-state index contributed by atoms with van der Waals surface area (Å²) < 4.78 is 5.67. The van der Waals surface area contributed by atoms with E-state index in [1.807, 2.05) is 24.3 Å². The molecule has 0 radical (unpaired) electrons. The Morgan fingerprint density at radius 1 is 1.00 bits per heavy atom. The van der Waals surface area contributed by atoms with E-state index >= 15 is 0 Å². The van der Waals surface area contributed by atoms with Crippen molar-refractivity contribution in [1.29, 1.82) is 0 Å². The first-order valence-corrected chi connectivity index (χ1v) is 12.5. The molecule has 186 valence electrons. The minimum Gasteiger partial charge on any atom is -0.481 e. The van der Waals surface area contributed by atoms with Crippen LogP contribution in [0.4, 0.5) is 4.79 Å². The second-order valence-electron chi connectivity index (χ2n) is 9.98. The van der Waals surface area contributed by atoms with Gasteiger partial charge in [-0.15, -0.1) is 0 Å². The molecule has 2 aromatic carbocycles. The fourth-order valence-corrected chi connectivity index (χ4v) is 5.61. The van der Waals surface area contributed by atoms with Gasteiger partial charge in [0.05, 0.1) is 6.42 Å². The monoisotopic (exact) mass is 478 g/mol. The number of ether oxygens (including phenoxy) is 1. The van der Waals surface area contributed by atoms with Crippen molar-refractivity contribution in [2.24, 2.45) is 5.41 Å². The molecular weight excluding hydrogens is 444 g/mol. The van der Waals surface area contributed by atoms with Gasteiger partial charge in [-0.2, -0.15) is 0 Å². The molecule has 1 unspecified atom stereocenters. The summed E-state index contributed by atoms with van der Waals surface area (Å²) in [6, 6.07) is 16.0. The number of carboxylic acid groups (broad SMARTS) is 1. The summed E-state index contributed by atoms with van der Waals surface area (Å²) >= 11 is 0. The Kier molecular flexibility index (Phi) is 7.73. The van der Waals surface area contributed by atoms with E-state index in [0.29, 0.717) is 6.54 Å². The Labute approximate surface area is 206 Å². The normalized spacial score (nSPS) is 17.1. The number of carbonyl (C=O) groups is 3. The SMILES string of the molecule is CC(CC(=O)O)NC(=O)CC1(CNC(=O)OCC2c3ccccc3-c3ccccc32)CCCCC1. The van der Waals surface area contributed by atoms with Crippen LogP contribution in [-0.2, 0) is 14.3 Å². The summed E-state index contributed by atoms with van der Waals surface area (Å²) in [5.74, 6) is -1.12. The number of carbonyl (C=O) groups excluding carboxylic acids is 2. The number of aliphatic carboxylic acids is 1. The molecule has 0 spiro atoms. The second kappa shape index (κ2) is 10.9. The number of fused-ring (bicyclic) bond motifs is 3. The zero-order valence-electron chi connectivity index (χ0n) is 20.2. The van der Waals surface area contributed by atoms with Crippen molar-refractivity contribution in [3.05, 3.63) is 59.7 Å². The maximum absolute atomic E-state index is 12.7. The van der Waals surface area contributed by atoms with E-state index in [9.17, 15) is 14.4 Å². The highest BCUT2D eigenvalue weighted by Crippen LogP contribution is 2.44. The van der Waals surface area contributed by atoms with Crippen LogP contribution in [0.3, 0.4) is 0 Å². The first-order chi connectivity index (χ1) is 16.9. The van der Waals surface area contributed by atoms with Gasteiger partial charge in [0.15, 0.2) is 0 Å². The zero-order valence-corrected chi connectivity index (χ0v) is 20.2. The van der Waals surface area contributed by atoms with Crippen LogP contribution in [0.15, 0.2) is 48.5 Å². The summed E-state index contributed by atoms with van der Waals surface area (Å²) in [6.07, 6.45) is 4.49. The fourth-order valence-electron chi connectivity index (χ4n) is 5.61. The Morgan fingerprint density at radius 2 is 1.60 bits per heavy atom. The first-order valence-electron chi connectivity index (χ1n) is 12.5. The molecule has 1 atom stereocenters. The molecule has 2 amide bonds. The van der Waals surface area contributed by atoms with Crippen LogP contribution in [0.25, 0.3) is 11.1 Å². The summed E-state index contributed by atoms with van der Waals surface area (Å²) in [7, 11) is 0. The molecule has 2 aliphatic carbocycles. The molecule has 1 saturated carbocycles. The summed E-state index contributed by atoms with van der Waals surface area (Å²) in [6.45, 7) is 2.30. The minimum atomic E-state index is -0.942.